The molecule has 3 aliphatic rings. The van der Waals surface area contributed by atoms with Gasteiger partial charge < -0.3 is 14.4 Å². The number of benzene rings is 2. The predicted octanol–water partition coefficient (Wildman–Crippen LogP) is 5.66. The summed E-state index contributed by atoms with van der Waals surface area (Å²) in [6.45, 7) is 1.37. The third kappa shape index (κ3) is 3.34. The van der Waals surface area contributed by atoms with Crippen LogP contribution in [0, 0.1) is 11.7 Å². The van der Waals surface area contributed by atoms with Crippen molar-refractivity contribution in [3.05, 3.63) is 59.4 Å². The first-order chi connectivity index (χ1) is 14.7. The standard InChI is InChI=1S/C25H28FNO3/c26-21-17-23-22(16-20(21)24(28)27-14-8-3-9-15-27)29-25(30-23,18-10-4-1-5-11-18)19-12-6-2-7-13-19/h1,4-5,10-11,16-17,19H,2-3,6-9,12-15H2. The highest BCUT2D eigenvalue weighted by atomic mass is 19.1. The Morgan fingerprint density at radius 2 is 1.53 bits per heavy atom. The molecular weight excluding hydrogens is 381 g/mol. The van der Waals surface area contributed by atoms with Gasteiger partial charge in [-0.15, -0.1) is 0 Å². The van der Waals surface area contributed by atoms with E-state index >= 15 is 0 Å². The van der Waals surface area contributed by atoms with Crippen LogP contribution in [0.4, 0.5) is 4.39 Å². The Hall–Kier alpha value is -2.56. The molecule has 2 fully saturated rings. The second-order valence-electron chi connectivity index (χ2n) is 8.70. The lowest BCUT2D eigenvalue weighted by molar-refractivity contribution is -0.144. The van der Waals surface area contributed by atoms with E-state index in [-0.39, 0.29) is 17.4 Å². The number of ether oxygens (including phenoxy) is 2. The minimum absolute atomic E-state index is 0.0757. The van der Waals surface area contributed by atoms with Crippen molar-refractivity contribution in [3.8, 4) is 11.5 Å². The fourth-order valence-electron chi connectivity index (χ4n) is 5.15. The van der Waals surface area contributed by atoms with Crippen LogP contribution in [0.1, 0.15) is 67.3 Å². The van der Waals surface area contributed by atoms with Crippen molar-refractivity contribution in [3.63, 3.8) is 0 Å². The van der Waals surface area contributed by atoms with Crippen LogP contribution >= 0.6 is 0 Å². The summed E-state index contributed by atoms with van der Waals surface area (Å²) in [6.07, 6.45) is 8.56. The molecule has 0 aromatic heterocycles. The van der Waals surface area contributed by atoms with E-state index in [0.717, 1.165) is 50.5 Å². The molecule has 2 heterocycles. The van der Waals surface area contributed by atoms with Gasteiger partial charge in [0.15, 0.2) is 11.5 Å². The highest BCUT2D eigenvalue weighted by Crippen LogP contribution is 2.51. The normalized spacial score (nSPS) is 24.1. The Labute approximate surface area is 177 Å². The third-order valence-corrected chi connectivity index (χ3v) is 6.75. The second-order valence-corrected chi connectivity index (χ2v) is 8.70. The van der Waals surface area contributed by atoms with E-state index in [4.69, 9.17) is 9.47 Å². The van der Waals surface area contributed by atoms with E-state index in [9.17, 15) is 9.18 Å². The molecule has 1 atom stereocenters. The topological polar surface area (TPSA) is 38.8 Å². The minimum atomic E-state index is -0.955. The van der Waals surface area contributed by atoms with Crippen LogP contribution in [0.2, 0.25) is 0 Å². The second kappa shape index (κ2) is 7.93. The maximum absolute atomic E-state index is 15.0. The predicted molar refractivity (Wildman–Crippen MR) is 112 cm³/mol. The highest BCUT2D eigenvalue weighted by Gasteiger charge is 2.50. The summed E-state index contributed by atoms with van der Waals surface area (Å²) in [6, 6.07) is 12.8. The molecule has 2 aliphatic heterocycles. The van der Waals surface area contributed by atoms with Crippen molar-refractivity contribution >= 4 is 5.91 Å². The molecule has 1 amide bonds. The molecule has 1 saturated carbocycles. The van der Waals surface area contributed by atoms with Gasteiger partial charge >= 0.3 is 0 Å². The van der Waals surface area contributed by atoms with Gasteiger partial charge in [0, 0.05) is 30.6 Å². The summed E-state index contributed by atoms with van der Waals surface area (Å²) in [7, 11) is 0. The molecular formula is C25H28FNO3. The quantitative estimate of drug-likeness (QED) is 0.657. The number of piperidine rings is 1. The smallest absolute Gasteiger partial charge is 0.281 e. The number of hydrogen-bond donors (Lipinski definition) is 0. The van der Waals surface area contributed by atoms with Crippen LogP contribution in [-0.2, 0) is 5.79 Å². The lowest BCUT2D eigenvalue weighted by atomic mass is 9.80. The van der Waals surface area contributed by atoms with Crippen molar-refractivity contribution < 1.29 is 18.7 Å². The zero-order valence-corrected chi connectivity index (χ0v) is 17.2. The summed E-state index contributed by atoms with van der Waals surface area (Å²) in [5.74, 6) is -0.717. The lowest BCUT2D eigenvalue weighted by Crippen LogP contribution is -2.44. The van der Waals surface area contributed by atoms with E-state index in [2.05, 4.69) is 0 Å². The van der Waals surface area contributed by atoms with E-state index in [1.807, 2.05) is 30.3 Å². The number of likely N-dealkylation sites (tertiary alicyclic amines) is 1. The Bertz CT molecular complexity index is 919. The number of carbonyl (C=O) groups is 1. The van der Waals surface area contributed by atoms with Crippen molar-refractivity contribution in [1.82, 2.24) is 4.90 Å². The first kappa shape index (κ1) is 19.4. The SMILES string of the molecule is O=C(c1cc2c(cc1F)OC(c1ccccc1)(C1CCCCC1)O2)N1CCCCC1. The van der Waals surface area contributed by atoms with Crippen LogP contribution in [0.15, 0.2) is 42.5 Å². The van der Waals surface area contributed by atoms with E-state index in [1.54, 1.807) is 11.0 Å². The lowest BCUT2D eigenvalue weighted by Gasteiger charge is -2.37. The summed E-state index contributed by atoms with van der Waals surface area (Å²) >= 11 is 0. The zero-order valence-electron chi connectivity index (χ0n) is 17.2. The van der Waals surface area contributed by atoms with Gasteiger partial charge in [0.05, 0.1) is 5.56 Å². The maximum Gasteiger partial charge on any atom is 0.281 e. The molecule has 2 aromatic carbocycles. The summed E-state index contributed by atoms with van der Waals surface area (Å²) in [4.78, 5) is 14.7. The first-order valence-corrected chi connectivity index (χ1v) is 11.2. The number of nitrogens with zero attached hydrogens (tertiary/aromatic N) is 1. The number of rotatable bonds is 3. The zero-order chi connectivity index (χ0) is 20.6. The molecule has 0 bridgehead atoms. The number of fused-ring (bicyclic) bond motifs is 1. The van der Waals surface area contributed by atoms with Crippen LogP contribution < -0.4 is 9.47 Å². The highest BCUT2D eigenvalue weighted by molar-refractivity contribution is 5.95. The van der Waals surface area contributed by atoms with Gasteiger partial charge in [-0.05, 0) is 38.2 Å². The van der Waals surface area contributed by atoms with Crippen LogP contribution in [0.25, 0.3) is 0 Å². The van der Waals surface area contributed by atoms with Crippen LogP contribution in [-0.4, -0.2) is 23.9 Å². The molecule has 1 saturated heterocycles. The van der Waals surface area contributed by atoms with Gasteiger partial charge in [0.1, 0.15) is 5.82 Å². The van der Waals surface area contributed by atoms with Gasteiger partial charge in [0.2, 0.25) is 0 Å². The van der Waals surface area contributed by atoms with Crippen molar-refractivity contribution in [2.24, 2.45) is 5.92 Å². The Balaban J connectivity index is 1.50. The van der Waals surface area contributed by atoms with Gasteiger partial charge in [0.25, 0.3) is 11.7 Å². The van der Waals surface area contributed by atoms with E-state index in [1.165, 1.54) is 12.5 Å². The monoisotopic (exact) mass is 409 g/mol. The Kier molecular flexibility index (Phi) is 5.13. The maximum atomic E-state index is 15.0. The minimum Gasteiger partial charge on any atom is -0.444 e. The Morgan fingerprint density at radius 1 is 0.900 bits per heavy atom. The number of amides is 1. The average molecular weight is 410 g/mol. The molecule has 2 aromatic rings. The Morgan fingerprint density at radius 3 is 2.23 bits per heavy atom. The molecule has 30 heavy (non-hydrogen) atoms. The average Bonchev–Trinajstić information content (AvgIpc) is 3.19. The number of halogens is 1. The van der Waals surface area contributed by atoms with Crippen molar-refractivity contribution in [2.45, 2.75) is 57.2 Å². The van der Waals surface area contributed by atoms with Gasteiger partial charge in [-0.2, -0.15) is 0 Å². The molecule has 0 radical (unpaired) electrons. The van der Waals surface area contributed by atoms with E-state index in [0.29, 0.717) is 24.6 Å². The molecule has 0 N–H and O–H groups in total. The number of carbonyl (C=O) groups excluding carboxylic acids is 1. The number of hydrogen-bond acceptors (Lipinski definition) is 3. The molecule has 0 spiro atoms. The molecule has 4 nitrogen and oxygen atoms in total. The molecule has 1 unspecified atom stereocenters. The fraction of sp³-hybridized carbons (Fsp3) is 0.480. The summed E-state index contributed by atoms with van der Waals surface area (Å²) < 4.78 is 27.9. The van der Waals surface area contributed by atoms with Gasteiger partial charge in [-0.25, -0.2) is 4.39 Å². The largest absolute Gasteiger partial charge is 0.444 e. The molecule has 1 aliphatic carbocycles. The molecule has 5 heteroatoms. The van der Waals surface area contributed by atoms with Crippen LogP contribution in [0.3, 0.4) is 0 Å². The molecule has 5 rings (SSSR count). The summed E-state index contributed by atoms with van der Waals surface area (Å²) in [5.41, 5.74) is 1.02. The van der Waals surface area contributed by atoms with Gasteiger partial charge in [-0.1, -0.05) is 49.6 Å². The summed E-state index contributed by atoms with van der Waals surface area (Å²) in [5, 5.41) is 0. The van der Waals surface area contributed by atoms with Crippen molar-refractivity contribution in [2.75, 3.05) is 13.1 Å². The fourth-order valence-corrected chi connectivity index (χ4v) is 5.15. The first-order valence-electron chi connectivity index (χ1n) is 11.2. The van der Waals surface area contributed by atoms with Gasteiger partial charge in [-0.3, -0.25) is 4.79 Å². The molecule has 158 valence electrons. The third-order valence-electron chi connectivity index (χ3n) is 6.75. The van der Waals surface area contributed by atoms with Crippen LogP contribution in [0.5, 0.6) is 11.5 Å². The van der Waals surface area contributed by atoms with Crippen molar-refractivity contribution in [1.29, 1.82) is 0 Å². The van der Waals surface area contributed by atoms with E-state index < -0.39 is 11.6 Å².